The summed E-state index contributed by atoms with van der Waals surface area (Å²) >= 11 is 1.69. The normalized spacial score (nSPS) is 22.0. The van der Waals surface area contributed by atoms with Crippen LogP contribution in [0.3, 0.4) is 0 Å². The van der Waals surface area contributed by atoms with Gasteiger partial charge in [0.1, 0.15) is 5.25 Å². The number of carbonyl (C=O) groups is 1. The largest absolute Gasteiger partial charge is 0.351 e. The second kappa shape index (κ2) is 6.94. The van der Waals surface area contributed by atoms with E-state index < -0.39 is 0 Å². The molecule has 1 aliphatic heterocycles. The molecule has 0 aliphatic carbocycles. The maximum atomic E-state index is 12.4. The Morgan fingerprint density at radius 1 is 1.27 bits per heavy atom. The summed E-state index contributed by atoms with van der Waals surface area (Å²) in [5.74, 6) is 0.990. The Bertz CT molecular complexity index is 647. The van der Waals surface area contributed by atoms with Gasteiger partial charge in [0.05, 0.1) is 0 Å². The Hall–Kier alpha value is -1.85. The van der Waals surface area contributed by atoms with E-state index in [4.69, 9.17) is 5.73 Å². The molecule has 1 aromatic heterocycles. The zero-order chi connectivity index (χ0) is 15.4. The van der Waals surface area contributed by atoms with Crippen molar-refractivity contribution in [2.24, 2.45) is 5.73 Å². The molecule has 5 heteroatoms. The lowest BCUT2D eigenvalue weighted by Crippen LogP contribution is -2.40. The topological polar surface area (TPSA) is 68.0 Å². The molecule has 2 heterocycles. The van der Waals surface area contributed by atoms with Crippen LogP contribution in [0.25, 0.3) is 11.1 Å². The summed E-state index contributed by atoms with van der Waals surface area (Å²) < 4.78 is 0. The number of hydrogen-bond acceptors (Lipinski definition) is 4. The van der Waals surface area contributed by atoms with Crippen molar-refractivity contribution in [1.82, 2.24) is 10.3 Å². The molecular weight excluding hydrogens is 294 g/mol. The molecule has 0 bridgehead atoms. The average Bonchev–Trinajstić information content (AvgIpc) is 2.77. The average molecular weight is 313 g/mol. The Morgan fingerprint density at radius 3 is 2.91 bits per heavy atom. The fourth-order valence-electron chi connectivity index (χ4n) is 2.59. The van der Waals surface area contributed by atoms with Gasteiger partial charge in [-0.25, -0.2) is 0 Å². The monoisotopic (exact) mass is 313 g/mol. The molecule has 4 nitrogen and oxygen atoms in total. The van der Waals surface area contributed by atoms with Crippen LogP contribution < -0.4 is 11.1 Å². The molecule has 114 valence electrons. The van der Waals surface area contributed by atoms with Gasteiger partial charge in [-0.05, 0) is 41.0 Å². The van der Waals surface area contributed by atoms with Gasteiger partial charge < -0.3 is 11.1 Å². The number of nitrogens with zero attached hydrogens (tertiary/aromatic N) is 1. The Labute approximate surface area is 134 Å². The Kier molecular flexibility index (Phi) is 4.75. The third kappa shape index (κ3) is 3.31. The van der Waals surface area contributed by atoms with Crippen molar-refractivity contribution in [3.8, 4) is 11.1 Å². The lowest BCUT2D eigenvalue weighted by Gasteiger charge is -2.16. The fraction of sp³-hybridized carbons (Fsp3) is 0.294. The molecule has 1 aliphatic rings. The lowest BCUT2D eigenvalue weighted by atomic mass is 10.0. The molecule has 3 rings (SSSR count). The number of amides is 1. The van der Waals surface area contributed by atoms with Crippen LogP contribution in [0.1, 0.15) is 17.2 Å². The smallest absolute Gasteiger partial charge is 0.237 e. The van der Waals surface area contributed by atoms with Gasteiger partial charge in [0.15, 0.2) is 0 Å². The van der Waals surface area contributed by atoms with E-state index in [1.807, 2.05) is 36.5 Å². The molecule has 1 saturated heterocycles. The molecule has 1 amide bonds. The summed E-state index contributed by atoms with van der Waals surface area (Å²) in [5, 5.41) is 2.87. The van der Waals surface area contributed by atoms with E-state index >= 15 is 0 Å². The summed E-state index contributed by atoms with van der Waals surface area (Å²) in [6.07, 6.45) is 4.52. The molecule has 1 fully saturated rings. The van der Waals surface area contributed by atoms with Crippen molar-refractivity contribution in [2.75, 3.05) is 12.3 Å². The molecule has 0 saturated carbocycles. The summed E-state index contributed by atoms with van der Waals surface area (Å²) in [4.78, 5) is 16.6. The van der Waals surface area contributed by atoms with Crippen LogP contribution in [0.15, 0.2) is 48.8 Å². The highest BCUT2D eigenvalue weighted by Crippen LogP contribution is 2.34. The van der Waals surface area contributed by atoms with Gasteiger partial charge in [-0.3, -0.25) is 9.78 Å². The quantitative estimate of drug-likeness (QED) is 0.913. The molecule has 0 spiro atoms. The number of nitrogens with two attached hydrogens (primary N) is 1. The van der Waals surface area contributed by atoms with Crippen molar-refractivity contribution >= 4 is 17.7 Å². The van der Waals surface area contributed by atoms with Crippen LogP contribution in [-0.2, 0) is 4.79 Å². The van der Waals surface area contributed by atoms with Gasteiger partial charge in [0.2, 0.25) is 5.91 Å². The Morgan fingerprint density at radius 2 is 2.14 bits per heavy atom. The van der Waals surface area contributed by atoms with Crippen molar-refractivity contribution < 1.29 is 4.79 Å². The van der Waals surface area contributed by atoms with Gasteiger partial charge >= 0.3 is 0 Å². The molecule has 2 atom stereocenters. The maximum absolute atomic E-state index is 12.4. The molecule has 0 radical (unpaired) electrons. The van der Waals surface area contributed by atoms with Crippen molar-refractivity contribution in [3.05, 3.63) is 54.4 Å². The summed E-state index contributed by atoms with van der Waals surface area (Å²) in [6, 6.07) is 12.2. The first-order chi connectivity index (χ1) is 10.8. The molecule has 22 heavy (non-hydrogen) atoms. The van der Waals surface area contributed by atoms with Gasteiger partial charge in [0.25, 0.3) is 0 Å². The second-order valence-corrected chi connectivity index (χ2v) is 6.56. The van der Waals surface area contributed by atoms with Crippen molar-refractivity contribution in [2.45, 2.75) is 17.7 Å². The zero-order valence-corrected chi connectivity index (χ0v) is 13.1. The summed E-state index contributed by atoms with van der Waals surface area (Å²) in [5.41, 5.74) is 8.86. The number of aromatic nitrogens is 1. The minimum atomic E-state index is -0.173. The number of benzene rings is 1. The zero-order valence-electron chi connectivity index (χ0n) is 12.2. The second-order valence-electron chi connectivity index (χ2n) is 5.35. The van der Waals surface area contributed by atoms with E-state index in [0.717, 1.165) is 28.9 Å². The highest BCUT2D eigenvalue weighted by Gasteiger charge is 2.26. The third-order valence-electron chi connectivity index (χ3n) is 3.80. The van der Waals surface area contributed by atoms with E-state index in [1.165, 1.54) is 0 Å². The maximum Gasteiger partial charge on any atom is 0.237 e. The standard InChI is InChI=1S/C17H19N3OS/c18-10-15-6-8-22-16(17(21)20-15)13-4-1-3-12(9-13)14-5-2-7-19-11-14/h1-5,7,9,11,15-16H,6,8,10,18H2,(H,20,21)/t15-,16+/m0/s1. The number of pyridine rings is 1. The van der Waals surface area contributed by atoms with Crippen molar-refractivity contribution in [3.63, 3.8) is 0 Å². The van der Waals surface area contributed by atoms with E-state index in [2.05, 4.69) is 16.4 Å². The van der Waals surface area contributed by atoms with Crippen LogP contribution in [0.4, 0.5) is 0 Å². The van der Waals surface area contributed by atoms with E-state index in [0.29, 0.717) is 6.54 Å². The van der Waals surface area contributed by atoms with Gasteiger partial charge in [-0.1, -0.05) is 24.3 Å². The minimum absolute atomic E-state index is 0.0567. The summed E-state index contributed by atoms with van der Waals surface area (Å²) in [7, 11) is 0. The van der Waals surface area contributed by atoms with Crippen LogP contribution in [0.5, 0.6) is 0 Å². The predicted octanol–water partition coefficient (Wildman–Crippen LogP) is 2.37. The highest BCUT2D eigenvalue weighted by atomic mass is 32.2. The van der Waals surface area contributed by atoms with E-state index in [1.54, 1.807) is 18.0 Å². The first-order valence-electron chi connectivity index (χ1n) is 7.40. The fourth-order valence-corrected chi connectivity index (χ4v) is 3.81. The van der Waals surface area contributed by atoms with Crippen LogP contribution in [0, 0.1) is 0 Å². The predicted molar refractivity (Wildman–Crippen MR) is 90.5 cm³/mol. The van der Waals surface area contributed by atoms with E-state index in [9.17, 15) is 4.79 Å². The van der Waals surface area contributed by atoms with Crippen LogP contribution >= 0.6 is 11.8 Å². The number of hydrogen-bond donors (Lipinski definition) is 2. The number of nitrogens with one attached hydrogen (secondary N) is 1. The van der Waals surface area contributed by atoms with Crippen LogP contribution in [0.2, 0.25) is 0 Å². The molecule has 3 N–H and O–H groups in total. The molecule has 1 aromatic carbocycles. The number of carbonyl (C=O) groups excluding carboxylic acids is 1. The lowest BCUT2D eigenvalue weighted by molar-refractivity contribution is -0.121. The van der Waals surface area contributed by atoms with Gasteiger partial charge in [0, 0.05) is 25.0 Å². The number of thioether (sulfide) groups is 1. The van der Waals surface area contributed by atoms with E-state index in [-0.39, 0.29) is 17.2 Å². The SMILES string of the molecule is NC[C@@H]1CCS[C@H](c2cccc(-c3cccnc3)c2)C(=O)N1. The third-order valence-corrected chi connectivity index (χ3v) is 5.10. The first-order valence-corrected chi connectivity index (χ1v) is 8.45. The first kappa shape index (κ1) is 15.1. The molecule has 2 aromatic rings. The van der Waals surface area contributed by atoms with Crippen LogP contribution in [-0.4, -0.2) is 29.2 Å². The highest BCUT2D eigenvalue weighted by molar-refractivity contribution is 8.00. The number of rotatable bonds is 3. The Balaban J connectivity index is 1.87. The molecular formula is C17H19N3OS. The summed E-state index contributed by atoms with van der Waals surface area (Å²) in [6.45, 7) is 0.495. The van der Waals surface area contributed by atoms with Gasteiger partial charge in [-0.15, -0.1) is 11.8 Å². The van der Waals surface area contributed by atoms with Gasteiger partial charge in [-0.2, -0.15) is 0 Å². The molecule has 0 unspecified atom stereocenters. The van der Waals surface area contributed by atoms with Crippen molar-refractivity contribution in [1.29, 1.82) is 0 Å². The minimum Gasteiger partial charge on any atom is -0.351 e.